The highest BCUT2D eigenvalue weighted by molar-refractivity contribution is 7.47. The Balaban J connectivity index is 0.00000600. The van der Waals surface area contributed by atoms with E-state index in [1.165, 1.54) is 50.5 Å². The fraction of sp³-hybridized carbons (Fsp3) is 0.919. The van der Waals surface area contributed by atoms with Gasteiger partial charge >= 0.3 is 14.0 Å². The summed E-state index contributed by atoms with van der Waals surface area (Å²) in [5.74, 6) is 5.61. The minimum Gasteiger partial charge on any atom is -0.870 e. The van der Waals surface area contributed by atoms with Crippen LogP contribution in [0.4, 0.5) is 4.79 Å². The average Bonchev–Trinajstić information content (AvgIpc) is 3.32. The Labute approximate surface area is 286 Å². The van der Waals surface area contributed by atoms with Gasteiger partial charge in [0, 0.05) is 6.42 Å². The molecule has 0 radical (unpaired) electrons. The van der Waals surface area contributed by atoms with Crippen molar-refractivity contribution in [2.45, 2.75) is 118 Å². The number of rotatable bonds is 15. The highest BCUT2D eigenvalue weighted by Crippen LogP contribution is 2.67. The predicted molar refractivity (Wildman–Crippen MR) is 185 cm³/mol. The topological polar surface area (TPSA) is 121 Å². The summed E-state index contributed by atoms with van der Waals surface area (Å²) in [5, 5.41) is 0. The minimum absolute atomic E-state index is 0. The Morgan fingerprint density at radius 3 is 2.36 bits per heavy atom. The normalized spacial score (nSPS) is 34.5. The molecule has 2 N–H and O–H groups in total. The highest BCUT2D eigenvalue weighted by atomic mass is 31.2. The van der Waals surface area contributed by atoms with Crippen LogP contribution in [0.15, 0.2) is 11.6 Å². The van der Waals surface area contributed by atoms with Gasteiger partial charge < -0.3 is 24.3 Å². The molecule has 3 fully saturated rings. The van der Waals surface area contributed by atoms with Crippen molar-refractivity contribution >= 4 is 14.0 Å². The molecule has 0 aromatic heterocycles. The van der Waals surface area contributed by atoms with Gasteiger partial charge in [0.2, 0.25) is 0 Å². The number of ether oxygens (including phenoxy) is 2. The largest absolute Gasteiger partial charge is 0.870 e. The molecule has 0 aromatic carbocycles. The molecular formula is C37H68NO8P. The van der Waals surface area contributed by atoms with Crippen LogP contribution in [0, 0.1) is 52.3 Å². The number of phosphoric ester groups is 1. The Kier molecular flexibility index (Phi) is 14.1. The molecule has 0 amide bonds. The number of hydrogen-bond acceptors (Lipinski definition) is 7. The van der Waals surface area contributed by atoms with Gasteiger partial charge in [0.15, 0.2) is 0 Å². The van der Waals surface area contributed by atoms with Crippen molar-refractivity contribution < 1.29 is 42.7 Å². The number of likely N-dealkylation sites (N-methyl/N-ethyl adjacent to an activating group) is 1. The summed E-state index contributed by atoms with van der Waals surface area (Å²) < 4.78 is 33.5. The minimum atomic E-state index is -4.19. The number of carbonyl (C=O) groups excluding carboxylic acids is 1. The Hall–Kier alpha value is -0.960. The molecule has 3 saturated carbocycles. The first-order chi connectivity index (χ1) is 21.5. The van der Waals surface area contributed by atoms with Crippen molar-refractivity contribution in [2.75, 3.05) is 47.5 Å². The van der Waals surface area contributed by atoms with Gasteiger partial charge in [-0.25, -0.2) is 9.36 Å². The number of allylic oxidation sites excluding steroid dienone is 1. The number of nitrogens with zero attached hydrogens (tertiary/aromatic N) is 1. The van der Waals surface area contributed by atoms with E-state index < -0.39 is 14.0 Å². The molecule has 4 rings (SSSR count). The van der Waals surface area contributed by atoms with E-state index in [4.69, 9.17) is 18.5 Å². The fourth-order valence-electron chi connectivity index (χ4n) is 10.3. The summed E-state index contributed by atoms with van der Waals surface area (Å²) in [6.07, 6.45) is 14.9. The molecule has 10 heteroatoms. The Morgan fingerprint density at radius 1 is 1.00 bits per heavy atom. The van der Waals surface area contributed by atoms with Crippen LogP contribution >= 0.6 is 7.82 Å². The fourth-order valence-corrected chi connectivity index (χ4v) is 11.0. The molecule has 47 heavy (non-hydrogen) atoms. The van der Waals surface area contributed by atoms with Gasteiger partial charge in [-0.15, -0.1) is 0 Å². The number of carbonyl (C=O) groups is 1. The van der Waals surface area contributed by atoms with Gasteiger partial charge in [-0.2, -0.15) is 0 Å². The molecule has 0 saturated heterocycles. The summed E-state index contributed by atoms with van der Waals surface area (Å²) >= 11 is 0. The molecule has 0 aliphatic heterocycles. The zero-order chi connectivity index (χ0) is 33.9. The number of hydrogen-bond donors (Lipinski definition) is 1. The third kappa shape index (κ3) is 9.85. The van der Waals surface area contributed by atoms with E-state index in [-0.39, 0.29) is 36.8 Å². The number of fused-ring (bicyclic) bond motifs is 5. The Morgan fingerprint density at radius 2 is 1.70 bits per heavy atom. The molecular weight excluding hydrogens is 617 g/mol. The number of phosphoric acid groups is 1. The first-order valence-electron chi connectivity index (χ1n) is 18.4. The van der Waals surface area contributed by atoms with Crippen molar-refractivity contribution in [1.29, 1.82) is 0 Å². The van der Waals surface area contributed by atoms with Gasteiger partial charge in [-0.05, 0) is 104 Å². The van der Waals surface area contributed by atoms with Crippen molar-refractivity contribution in [3.05, 3.63) is 11.6 Å². The Bertz CT molecular complexity index is 1110. The van der Waals surface area contributed by atoms with E-state index in [0.717, 1.165) is 61.2 Å². The quantitative estimate of drug-likeness (QED) is 0.0597. The summed E-state index contributed by atoms with van der Waals surface area (Å²) in [4.78, 5) is 22.3. The third-order valence-corrected chi connectivity index (χ3v) is 14.1. The van der Waals surface area contributed by atoms with Crippen LogP contribution in [-0.4, -0.2) is 74.6 Å². The van der Waals surface area contributed by atoms with Crippen molar-refractivity contribution in [3.8, 4) is 0 Å². The molecule has 0 spiro atoms. The van der Waals surface area contributed by atoms with Crippen molar-refractivity contribution in [3.63, 3.8) is 0 Å². The molecule has 1 unspecified atom stereocenters. The second-order valence-electron chi connectivity index (χ2n) is 17.2. The van der Waals surface area contributed by atoms with E-state index in [2.05, 4.69) is 47.6 Å². The summed E-state index contributed by atoms with van der Waals surface area (Å²) in [6, 6.07) is 0. The zero-order valence-electron chi connectivity index (χ0n) is 31.0. The van der Waals surface area contributed by atoms with Crippen LogP contribution < -0.4 is 0 Å². The molecule has 4 aliphatic rings. The second kappa shape index (κ2) is 16.4. The molecule has 10 atom stereocenters. The van der Waals surface area contributed by atoms with Crippen LogP contribution in [0.2, 0.25) is 0 Å². The van der Waals surface area contributed by atoms with Gasteiger partial charge in [-0.1, -0.05) is 66.0 Å². The SMILES string of the molecule is CC[C@H](CC[C@@H](C)[C@H]1CC[C@H]2[C@@H]3CC=C4C[C@@H](OC(=O)OCCOP(=O)(O)OCC[N+](C)(C)C)CC[C@]4(C)[C@H]3CC[C@]12C)C(C)C.[OH-]. The molecule has 9 nitrogen and oxygen atoms in total. The van der Waals surface area contributed by atoms with Crippen LogP contribution in [0.1, 0.15) is 112 Å². The van der Waals surface area contributed by atoms with Crippen molar-refractivity contribution in [2.24, 2.45) is 52.3 Å². The summed E-state index contributed by atoms with van der Waals surface area (Å²) in [5.41, 5.74) is 2.13. The van der Waals surface area contributed by atoms with E-state index in [0.29, 0.717) is 22.4 Å². The van der Waals surface area contributed by atoms with Gasteiger partial charge in [0.1, 0.15) is 25.9 Å². The maximum atomic E-state index is 12.5. The lowest BCUT2D eigenvalue weighted by molar-refractivity contribution is -0.870. The maximum absolute atomic E-state index is 12.5. The van der Waals surface area contributed by atoms with Gasteiger partial charge in [0.25, 0.3) is 0 Å². The van der Waals surface area contributed by atoms with Crippen molar-refractivity contribution in [1.82, 2.24) is 0 Å². The van der Waals surface area contributed by atoms with Crippen LogP contribution in [0.5, 0.6) is 0 Å². The lowest BCUT2D eigenvalue weighted by Crippen LogP contribution is -2.51. The third-order valence-electron chi connectivity index (χ3n) is 13.1. The van der Waals surface area contributed by atoms with Crippen LogP contribution in [0.3, 0.4) is 0 Å². The summed E-state index contributed by atoms with van der Waals surface area (Å²) in [6.45, 7) is 15.1. The molecule has 4 aliphatic carbocycles. The molecule has 0 aromatic rings. The lowest BCUT2D eigenvalue weighted by atomic mass is 9.47. The van der Waals surface area contributed by atoms with E-state index in [1.54, 1.807) is 0 Å². The van der Waals surface area contributed by atoms with Gasteiger partial charge in [-0.3, -0.25) is 9.05 Å². The highest BCUT2D eigenvalue weighted by Gasteiger charge is 2.59. The number of quaternary nitrogens is 1. The van der Waals surface area contributed by atoms with Gasteiger partial charge in [0.05, 0.1) is 27.7 Å². The first-order valence-corrected chi connectivity index (χ1v) is 19.9. The van der Waals surface area contributed by atoms with E-state index >= 15 is 0 Å². The zero-order valence-corrected chi connectivity index (χ0v) is 31.9. The van der Waals surface area contributed by atoms with E-state index in [1.807, 2.05) is 21.1 Å². The van der Waals surface area contributed by atoms with Crippen LogP contribution in [0.25, 0.3) is 0 Å². The average molecular weight is 686 g/mol. The molecule has 0 bridgehead atoms. The summed E-state index contributed by atoms with van der Waals surface area (Å²) in [7, 11) is 1.71. The smallest absolute Gasteiger partial charge is 0.508 e. The predicted octanol–water partition coefficient (Wildman–Crippen LogP) is 8.85. The lowest BCUT2D eigenvalue weighted by Gasteiger charge is -2.58. The monoisotopic (exact) mass is 685 g/mol. The van der Waals surface area contributed by atoms with Crippen LogP contribution in [-0.2, 0) is 23.1 Å². The molecule has 274 valence electrons. The maximum Gasteiger partial charge on any atom is 0.508 e. The second-order valence-corrected chi connectivity index (χ2v) is 18.6. The van der Waals surface area contributed by atoms with E-state index in [9.17, 15) is 14.3 Å². The first kappa shape index (κ1) is 40.5. The standard InChI is InChI=1S/C37H66NO7P.H2O/c1-10-28(26(2)3)12-11-27(4)32-15-16-33-31-14-13-29-25-30(17-19-36(29,5)34(31)18-20-37(32,33)6)45-35(39)42-23-24-44-46(40,41)43-22-21-38(7,8)9;/h13,26-28,30-34H,10-12,14-25H2,1-9H3;1H2/t27-,28-,30+,31+,32-,33+,34+,36+,37-;/m1./s1. The molecule has 0 heterocycles.